The molecule has 19 heavy (non-hydrogen) atoms. The summed E-state index contributed by atoms with van der Waals surface area (Å²) in [4.78, 5) is 6.72. The first-order valence-electron chi connectivity index (χ1n) is 7.00. The van der Waals surface area contributed by atoms with Crippen LogP contribution in [0.1, 0.15) is 39.8 Å². The molecular weight excluding hydrogens is 242 g/mol. The molecule has 1 atom stereocenters. The lowest BCUT2D eigenvalue weighted by Gasteiger charge is -2.20. The molecule has 1 aliphatic rings. The lowest BCUT2D eigenvalue weighted by molar-refractivity contribution is 0.0818. The SMILES string of the molecule is CC1CN(c2nc(CNC(C)(C)C)co2)CCCO1. The molecule has 2 rings (SSSR count). The molecule has 1 saturated heterocycles. The number of aromatic nitrogens is 1. The number of anilines is 1. The first-order valence-corrected chi connectivity index (χ1v) is 7.00. The lowest BCUT2D eigenvalue weighted by atomic mass is 10.1. The predicted molar refractivity (Wildman–Crippen MR) is 75.3 cm³/mol. The number of ether oxygens (including phenoxy) is 1. The molecule has 1 N–H and O–H groups in total. The van der Waals surface area contributed by atoms with E-state index in [9.17, 15) is 0 Å². The van der Waals surface area contributed by atoms with Crippen LogP contribution < -0.4 is 10.2 Å². The van der Waals surface area contributed by atoms with Crippen LogP contribution in [0.15, 0.2) is 10.7 Å². The van der Waals surface area contributed by atoms with E-state index in [1.165, 1.54) is 0 Å². The van der Waals surface area contributed by atoms with Gasteiger partial charge in [-0.25, -0.2) is 0 Å². The van der Waals surface area contributed by atoms with Gasteiger partial charge in [0.15, 0.2) is 0 Å². The van der Waals surface area contributed by atoms with Crippen LogP contribution in [0, 0.1) is 0 Å². The van der Waals surface area contributed by atoms with Crippen molar-refractivity contribution in [2.24, 2.45) is 0 Å². The third kappa shape index (κ3) is 4.51. The zero-order valence-electron chi connectivity index (χ0n) is 12.4. The predicted octanol–water partition coefficient (Wildman–Crippen LogP) is 2.18. The van der Waals surface area contributed by atoms with Gasteiger partial charge in [-0.2, -0.15) is 4.98 Å². The molecule has 5 heteroatoms. The highest BCUT2D eigenvalue weighted by atomic mass is 16.5. The second-order valence-corrected chi connectivity index (χ2v) is 6.21. The van der Waals surface area contributed by atoms with Crippen molar-refractivity contribution >= 4 is 6.01 Å². The zero-order valence-corrected chi connectivity index (χ0v) is 12.4. The molecule has 0 spiro atoms. The summed E-state index contributed by atoms with van der Waals surface area (Å²) in [7, 11) is 0. The Kier molecular flexibility index (Phi) is 4.47. The minimum absolute atomic E-state index is 0.0874. The summed E-state index contributed by atoms with van der Waals surface area (Å²) in [5.74, 6) is 0. The normalized spacial score (nSPS) is 21.5. The summed E-state index contributed by atoms with van der Waals surface area (Å²) in [5.41, 5.74) is 1.03. The maximum Gasteiger partial charge on any atom is 0.297 e. The number of hydrogen-bond donors (Lipinski definition) is 1. The van der Waals surface area contributed by atoms with Gasteiger partial charge in [0.25, 0.3) is 6.01 Å². The van der Waals surface area contributed by atoms with Gasteiger partial charge in [0.1, 0.15) is 6.26 Å². The van der Waals surface area contributed by atoms with Crippen molar-refractivity contribution in [3.8, 4) is 0 Å². The number of nitrogens with one attached hydrogen (secondary N) is 1. The van der Waals surface area contributed by atoms with Gasteiger partial charge in [-0.1, -0.05) is 0 Å². The van der Waals surface area contributed by atoms with Gasteiger partial charge < -0.3 is 19.4 Å². The summed E-state index contributed by atoms with van der Waals surface area (Å²) in [6.07, 6.45) is 2.98. The van der Waals surface area contributed by atoms with Crippen molar-refractivity contribution in [1.82, 2.24) is 10.3 Å². The van der Waals surface area contributed by atoms with Crippen molar-refractivity contribution < 1.29 is 9.15 Å². The van der Waals surface area contributed by atoms with E-state index in [4.69, 9.17) is 9.15 Å². The van der Waals surface area contributed by atoms with Crippen LogP contribution in [0.25, 0.3) is 0 Å². The maximum absolute atomic E-state index is 5.63. The Morgan fingerprint density at radius 1 is 1.47 bits per heavy atom. The van der Waals surface area contributed by atoms with Crippen molar-refractivity contribution in [3.63, 3.8) is 0 Å². The Bertz CT molecular complexity index is 398. The molecule has 2 heterocycles. The molecular formula is C14H25N3O2. The quantitative estimate of drug-likeness (QED) is 0.909. The topological polar surface area (TPSA) is 50.5 Å². The Morgan fingerprint density at radius 2 is 2.26 bits per heavy atom. The van der Waals surface area contributed by atoms with Crippen LogP contribution in [-0.4, -0.2) is 36.3 Å². The molecule has 5 nitrogen and oxygen atoms in total. The minimum Gasteiger partial charge on any atom is -0.432 e. The molecule has 1 unspecified atom stereocenters. The zero-order chi connectivity index (χ0) is 13.9. The molecule has 0 amide bonds. The molecule has 108 valence electrons. The smallest absolute Gasteiger partial charge is 0.297 e. The van der Waals surface area contributed by atoms with E-state index in [0.29, 0.717) is 6.01 Å². The second kappa shape index (κ2) is 5.92. The van der Waals surface area contributed by atoms with Crippen LogP contribution in [0.5, 0.6) is 0 Å². The number of rotatable bonds is 3. The Morgan fingerprint density at radius 3 is 3.00 bits per heavy atom. The molecule has 0 radical (unpaired) electrons. The molecule has 0 aromatic carbocycles. The van der Waals surface area contributed by atoms with Crippen LogP contribution in [0.4, 0.5) is 6.01 Å². The highest BCUT2D eigenvalue weighted by molar-refractivity contribution is 5.27. The average molecular weight is 267 g/mol. The lowest BCUT2D eigenvalue weighted by Crippen LogP contribution is -2.35. The van der Waals surface area contributed by atoms with Gasteiger partial charge in [0.2, 0.25) is 0 Å². The molecule has 1 aliphatic heterocycles. The van der Waals surface area contributed by atoms with Gasteiger partial charge in [0.05, 0.1) is 11.8 Å². The third-order valence-corrected chi connectivity index (χ3v) is 3.06. The standard InChI is InChI=1S/C14H25N3O2/c1-11-9-17(6-5-7-18-11)13-16-12(10-19-13)8-15-14(2,3)4/h10-11,15H,5-9H2,1-4H3. The van der Waals surface area contributed by atoms with Gasteiger partial charge in [-0.05, 0) is 34.1 Å². The van der Waals surface area contributed by atoms with E-state index in [2.05, 4.69) is 42.9 Å². The highest BCUT2D eigenvalue weighted by Gasteiger charge is 2.19. The first-order chi connectivity index (χ1) is 8.94. The summed E-state index contributed by atoms with van der Waals surface area (Å²) in [5, 5.41) is 3.41. The third-order valence-electron chi connectivity index (χ3n) is 3.06. The molecule has 1 aromatic rings. The van der Waals surface area contributed by atoms with E-state index in [-0.39, 0.29) is 11.6 Å². The average Bonchev–Trinajstić information content (AvgIpc) is 2.68. The fourth-order valence-electron chi connectivity index (χ4n) is 2.05. The molecule has 1 aromatic heterocycles. The molecule has 1 fully saturated rings. The minimum atomic E-state index is 0.0874. The highest BCUT2D eigenvalue weighted by Crippen LogP contribution is 2.17. The van der Waals surface area contributed by atoms with Crippen molar-refractivity contribution in [2.75, 3.05) is 24.6 Å². The number of hydrogen-bond acceptors (Lipinski definition) is 5. The van der Waals surface area contributed by atoms with E-state index in [1.807, 2.05) is 0 Å². The molecule has 0 bridgehead atoms. The van der Waals surface area contributed by atoms with Crippen molar-refractivity contribution in [3.05, 3.63) is 12.0 Å². The fourth-order valence-corrected chi connectivity index (χ4v) is 2.05. The van der Waals surface area contributed by atoms with Gasteiger partial charge in [-0.15, -0.1) is 0 Å². The van der Waals surface area contributed by atoms with Gasteiger partial charge in [-0.3, -0.25) is 0 Å². The van der Waals surface area contributed by atoms with Crippen molar-refractivity contribution in [2.45, 2.75) is 52.3 Å². The van der Waals surface area contributed by atoms with E-state index >= 15 is 0 Å². The number of oxazole rings is 1. The van der Waals surface area contributed by atoms with Crippen LogP contribution in [0.2, 0.25) is 0 Å². The van der Waals surface area contributed by atoms with E-state index in [1.54, 1.807) is 6.26 Å². The monoisotopic (exact) mass is 267 g/mol. The summed E-state index contributed by atoms with van der Waals surface area (Å²) < 4.78 is 11.2. The molecule has 0 saturated carbocycles. The first kappa shape index (κ1) is 14.3. The second-order valence-electron chi connectivity index (χ2n) is 6.21. The molecule has 0 aliphatic carbocycles. The maximum atomic E-state index is 5.63. The van der Waals surface area contributed by atoms with Crippen LogP contribution in [0.3, 0.4) is 0 Å². The Hall–Kier alpha value is -1.07. The Balaban J connectivity index is 1.95. The largest absolute Gasteiger partial charge is 0.432 e. The van der Waals surface area contributed by atoms with E-state index in [0.717, 1.165) is 38.4 Å². The van der Waals surface area contributed by atoms with Crippen LogP contribution in [-0.2, 0) is 11.3 Å². The van der Waals surface area contributed by atoms with Crippen molar-refractivity contribution in [1.29, 1.82) is 0 Å². The Labute approximate surface area is 115 Å². The number of nitrogens with zero attached hydrogens (tertiary/aromatic N) is 2. The summed E-state index contributed by atoms with van der Waals surface area (Å²) in [6.45, 7) is 11.8. The summed E-state index contributed by atoms with van der Waals surface area (Å²) >= 11 is 0. The van der Waals surface area contributed by atoms with E-state index < -0.39 is 0 Å². The fraction of sp³-hybridized carbons (Fsp3) is 0.786. The van der Waals surface area contributed by atoms with Crippen LogP contribution >= 0.6 is 0 Å². The summed E-state index contributed by atoms with van der Waals surface area (Å²) in [6, 6.07) is 0.711. The van der Waals surface area contributed by atoms with Gasteiger partial charge >= 0.3 is 0 Å². The van der Waals surface area contributed by atoms with Gasteiger partial charge in [0, 0.05) is 31.8 Å².